The number of ketones is 1. The average Bonchev–Trinajstić information content (AvgIpc) is 2.77. The summed E-state index contributed by atoms with van der Waals surface area (Å²) < 4.78 is 17.7. The lowest BCUT2D eigenvalue weighted by molar-refractivity contribution is 0.00578. The first-order chi connectivity index (χ1) is 9.37. The van der Waals surface area contributed by atoms with E-state index in [1.54, 1.807) is 0 Å². The van der Waals surface area contributed by atoms with Crippen LogP contribution in [-0.4, -0.2) is 37.3 Å². The van der Waals surface area contributed by atoms with Gasteiger partial charge in [0.15, 0.2) is 5.78 Å². The number of carbonyl (C=O) groups is 1. The van der Waals surface area contributed by atoms with Crippen molar-refractivity contribution < 1.29 is 18.6 Å². The van der Waals surface area contributed by atoms with Crippen molar-refractivity contribution in [3.8, 4) is 0 Å². The Morgan fingerprint density at radius 3 is 1.95 bits per heavy atom. The quantitative estimate of drug-likeness (QED) is 0.628. The predicted octanol–water partition coefficient (Wildman–Crippen LogP) is 1.72. The van der Waals surface area contributed by atoms with E-state index in [2.05, 4.69) is 24.8 Å². The summed E-state index contributed by atoms with van der Waals surface area (Å²) in [6.07, 6.45) is 0. The number of carbonyl (C=O) groups excluding carboxylic acids is 1. The average molecular weight is 309 g/mol. The minimum atomic E-state index is -1.80. The number of Topliss-reactive ketones (excluding diaryl/α,β-unsaturated/α-hetero) is 1. The Labute approximate surface area is 127 Å². The summed E-state index contributed by atoms with van der Waals surface area (Å²) in [6.45, 7) is 15.9. The standard InChI is InChI=1S/C14H24BNO4Si/c1-9(17)11-10(12(18-16-11)21(6,7)8)15-19-13(2,3)14(4,5)20-15/h1-8H3. The minimum absolute atomic E-state index is 0.132. The van der Waals surface area contributed by atoms with Crippen LogP contribution in [0.25, 0.3) is 0 Å². The van der Waals surface area contributed by atoms with E-state index in [1.165, 1.54) is 6.92 Å². The lowest BCUT2D eigenvalue weighted by Gasteiger charge is -2.32. The summed E-state index contributed by atoms with van der Waals surface area (Å²) >= 11 is 0. The highest BCUT2D eigenvalue weighted by Gasteiger charge is 2.54. The number of nitrogens with zero attached hydrogens (tertiary/aromatic N) is 1. The molecule has 0 radical (unpaired) electrons. The first-order valence-electron chi connectivity index (χ1n) is 7.23. The molecule has 116 valence electrons. The van der Waals surface area contributed by atoms with Crippen LogP contribution in [0, 0.1) is 0 Å². The molecule has 1 fully saturated rings. The molecule has 1 aromatic rings. The van der Waals surface area contributed by atoms with Gasteiger partial charge in [0.2, 0.25) is 0 Å². The second kappa shape index (κ2) is 4.79. The number of hydrogen-bond donors (Lipinski definition) is 0. The van der Waals surface area contributed by atoms with E-state index < -0.39 is 26.4 Å². The molecule has 0 aromatic carbocycles. The maximum atomic E-state index is 11.9. The first kappa shape index (κ1) is 16.5. The Morgan fingerprint density at radius 1 is 1.10 bits per heavy atom. The van der Waals surface area contributed by atoms with Crippen molar-refractivity contribution in [2.45, 2.75) is 65.5 Å². The van der Waals surface area contributed by atoms with Gasteiger partial charge in [-0.15, -0.1) is 0 Å². The van der Waals surface area contributed by atoms with E-state index in [0.717, 1.165) is 5.38 Å². The van der Waals surface area contributed by atoms with Gasteiger partial charge in [0.25, 0.3) is 0 Å². The predicted molar refractivity (Wildman–Crippen MR) is 85.2 cm³/mol. The van der Waals surface area contributed by atoms with Crippen LogP contribution in [0.5, 0.6) is 0 Å². The largest absolute Gasteiger partial charge is 0.500 e. The third-order valence-corrected chi connectivity index (χ3v) is 5.95. The zero-order chi connectivity index (χ0) is 16.2. The fourth-order valence-electron chi connectivity index (χ4n) is 2.27. The minimum Gasteiger partial charge on any atom is -0.399 e. The van der Waals surface area contributed by atoms with Gasteiger partial charge in [0.1, 0.15) is 19.2 Å². The fraction of sp³-hybridized carbons (Fsp3) is 0.714. The molecule has 0 bridgehead atoms. The summed E-state index contributed by atoms with van der Waals surface area (Å²) in [7, 11) is -2.41. The lowest BCUT2D eigenvalue weighted by atomic mass is 9.78. The molecule has 5 nitrogen and oxygen atoms in total. The van der Waals surface area contributed by atoms with Gasteiger partial charge in [-0.1, -0.05) is 24.8 Å². The van der Waals surface area contributed by atoms with E-state index in [0.29, 0.717) is 11.2 Å². The Hall–Kier alpha value is -0.918. The molecule has 21 heavy (non-hydrogen) atoms. The van der Waals surface area contributed by atoms with E-state index >= 15 is 0 Å². The van der Waals surface area contributed by atoms with Gasteiger partial charge >= 0.3 is 7.12 Å². The van der Waals surface area contributed by atoms with Crippen molar-refractivity contribution in [1.82, 2.24) is 5.16 Å². The monoisotopic (exact) mass is 309 g/mol. The maximum Gasteiger partial charge on any atom is 0.500 e. The van der Waals surface area contributed by atoms with Crippen molar-refractivity contribution >= 4 is 31.8 Å². The molecule has 0 aliphatic carbocycles. The number of hydrogen-bond acceptors (Lipinski definition) is 5. The van der Waals surface area contributed by atoms with Crippen LogP contribution >= 0.6 is 0 Å². The Balaban J connectivity index is 2.54. The molecule has 7 heteroatoms. The molecule has 2 rings (SSSR count). The SMILES string of the molecule is CC(=O)c1noc([Si](C)(C)C)c1B1OC(C)(C)C(C)(C)O1. The van der Waals surface area contributed by atoms with Crippen LogP contribution in [0.2, 0.25) is 19.6 Å². The van der Waals surface area contributed by atoms with Gasteiger partial charge in [0, 0.05) is 6.92 Å². The van der Waals surface area contributed by atoms with E-state index in [4.69, 9.17) is 13.8 Å². The number of aromatic nitrogens is 1. The Morgan fingerprint density at radius 2 is 1.57 bits per heavy atom. The summed E-state index contributed by atoms with van der Waals surface area (Å²) in [4.78, 5) is 11.9. The third-order valence-electron chi connectivity index (χ3n) is 4.23. The van der Waals surface area contributed by atoms with Crippen molar-refractivity contribution in [3.05, 3.63) is 5.69 Å². The van der Waals surface area contributed by atoms with Crippen LogP contribution in [0.3, 0.4) is 0 Å². The van der Waals surface area contributed by atoms with Crippen molar-refractivity contribution in [3.63, 3.8) is 0 Å². The topological polar surface area (TPSA) is 61.6 Å². The molecule has 1 aromatic heterocycles. The van der Waals surface area contributed by atoms with Crippen molar-refractivity contribution in [1.29, 1.82) is 0 Å². The van der Waals surface area contributed by atoms with Crippen LogP contribution in [-0.2, 0) is 9.31 Å². The summed E-state index contributed by atoms with van der Waals surface area (Å²) in [5, 5.41) is 4.74. The molecule has 1 saturated heterocycles. The van der Waals surface area contributed by atoms with Crippen LogP contribution in [0.1, 0.15) is 45.1 Å². The second-order valence-electron chi connectivity index (χ2n) is 7.67. The number of rotatable bonds is 3. The van der Waals surface area contributed by atoms with Gasteiger partial charge in [-0.05, 0) is 27.7 Å². The van der Waals surface area contributed by atoms with Crippen LogP contribution in [0.15, 0.2) is 4.52 Å². The van der Waals surface area contributed by atoms with E-state index in [9.17, 15) is 4.79 Å². The van der Waals surface area contributed by atoms with Gasteiger partial charge in [-0.2, -0.15) is 0 Å². The molecule has 0 spiro atoms. The van der Waals surface area contributed by atoms with Crippen LogP contribution < -0.4 is 10.8 Å². The molecule has 1 aliphatic rings. The van der Waals surface area contributed by atoms with Crippen molar-refractivity contribution in [2.24, 2.45) is 0 Å². The molecular weight excluding hydrogens is 285 g/mol. The van der Waals surface area contributed by atoms with Gasteiger partial charge in [0.05, 0.1) is 16.7 Å². The summed E-state index contributed by atoms with van der Waals surface area (Å²) in [6, 6.07) is 0. The van der Waals surface area contributed by atoms with Gasteiger partial charge < -0.3 is 13.8 Å². The fourth-order valence-corrected chi connectivity index (χ4v) is 3.64. The van der Waals surface area contributed by atoms with Gasteiger partial charge in [-0.3, -0.25) is 4.79 Å². The smallest absolute Gasteiger partial charge is 0.399 e. The molecule has 0 saturated carbocycles. The zero-order valence-electron chi connectivity index (χ0n) is 14.2. The van der Waals surface area contributed by atoms with Gasteiger partial charge in [-0.25, -0.2) is 0 Å². The molecule has 0 amide bonds. The second-order valence-corrected chi connectivity index (χ2v) is 12.6. The maximum absolute atomic E-state index is 11.9. The third kappa shape index (κ3) is 2.74. The highest BCUT2D eigenvalue weighted by molar-refractivity contribution is 6.91. The highest BCUT2D eigenvalue weighted by Crippen LogP contribution is 2.36. The zero-order valence-corrected chi connectivity index (χ0v) is 15.2. The van der Waals surface area contributed by atoms with Crippen molar-refractivity contribution in [2.75, 3.05) is 0 Å². The Bertz CT molecular complexity index is 558. The Kier molecular flexibility index (Phi) is 3.75. The highest BCUT2D eigenvalue weighted by atomic mass is 28.3. The summed E-state index contributed by atoms with van der Waals surface area (Å²) in [5.41, 5.74) is 0.0885. The molecular formula is C14H24BNO4Si. The van der Waals surface area contributed by atoms with E-state index in [-0.39, 0.29) is 5.78 Å². The normalized spacial score (nSPS) is 20.9. The summed E-state index contributed by atoms with van der Waals surface area (Å²) in [5.74, 6) is -0.132. The molecule has 0 unspecified atom stereocenters. The molecule has 0 N–H and O–H groups in total. The first-order valence-corrected chi connectivity index (χ1v) is 10.7. The molecule has 2 heterocycles. The lowest BCUT2D eigenvalue weighted by Crippen LogP contribution is -2.53. The molecule has 0 atom stereocenters. The van der Waals surface area contributed by atoms with E-state index in [1.807, 2.05) is 27.7 Å². The molecule has 1 aliphatic heterocycles. The van der Waals surface area contributed by atoms with Crippen LogP contribution in [0.4, 0.5) is 0 Å².